The molecular formula is C15H13N3O3. The van der Waals surface area contributed by atoms with E-state index < -0.39 is 5.97 Å². The highest BCUT2D eigenvalue weighted by atomic mass is 16.5. The van der Waals surface area contributed by atoms with E-state index in [0.29, 0.717) is 17.9 Å². The van der Waals surface area contributed by atoms with E-state index in [-0.39, 0.29) is 5.56 Å². The van der Waals surface area contributed by atoms with Crippen molar-refractivity contribution in [1.82, 2.24) is 14.6 Å². The summed E-state index contributed by atoms with van der Waals surface area (Å²) in [5, 5.41) is 13.3. The third-order valence-electron chi connectivity index (χ3n) is 3.17. The molecule has 0 radical (unpaired) electrons. The van der Waals surface area contributed by atoms with Crippen molar-refractivity contribution in [2.24, 2.45) is 0 Å². The van der Waals surface area contributed by atoms with Crippen LogP contribution in [0.3, 0.4) is 0 Å². The fourth-order valence-electron chi connectivity index (χ4n) is 2.15. The van der Waals surface area contributed by atoms with E-state index in [1.54, 1.807) is 17.8 Å². The number of carboxylic acid groups (broad SMARTS) is 1. The second kappa shape index (κ2) is 5.24. The summed E-state index contributed by atoms with van der Waals surface area (Å²) in [6.45, 7) is 0. The van der Waals surface area contributed by atoms with Crippen LogP contribution in [-0.4, -0.2) is 32.8 Å². The minimum Gasteiger partial charge on any atom is -0.496 e. The molecule has 3 aromatic rings. The molecule has 0 spiro atoms. The molecule has 0 aliphatic heterocycles. The summed E-state index contributed by atoms with van der Waals surface area (Å²) in [5.74, 6) is 0.413. The molecule has 6 nitrogen and oxygen atoms in total. The molecule has 2 heterocycles. The predicted molar refractivity (Wildman–Crippen MR) is 75.7 cm³/mol. The topological polar surface area (TPSA) is 76.7 Å². The molecule has 1 N–H and O–H groups in total. The van der Waals surface area contributed by atoms with E-state index in [1.165, 1.54) is 12.1 Å². The van der Waals surface area contributed by atoms with E-state index in [4.69, 9.17) is 9.84 Å². The van der Waals surface area contributed by atoms with Crippen molar-refractivity contribution in [3.8, 4) is 5.75 Å². The summed E-state index contributed by atoms with van der Waals surface area (Å²) in [5.41, 5.74) is 1.69. The summed E-state index contributed by atoms with van der Waals surface area (Å²) < 4.78 is 6.87. The average molecular weight is 283 g/mol. The highest BCUT2D eigenvalue weighted by molar-refractivity contribution is 5.88. The number of fused-ring (bicyclic) bond motifs is 1. The number of aromatic nitrogens is 3. The molecule has 21 heavy (non-hydrogen) atoms. The number of benzene rings is 1. The summed E-state index contributed by atoms with van der Waals surface area (Å²) in [6, 6.07) is 10.7. The van der Waals surface area contributed by atoms with Crippen LogP contribution >= 0.6 is 0 Å². The lowest BCUT2D eigenvalue weighted by atomic mass is 10.1. The first-order valence-electron chi connectivity index (χ1n) is 6.38. The Bertz CT molecular complexity index is 811. The van der Waals surface area contributed by atoms with Gasteiger partial charge in [0.05, 0.1) is 12.7 Å². The fourth-order valence-corrected chi connectivity index (χ4v) is 2.15. The standard InChI is InChI=1S/C15H13N3O3/c1-21-12-5-3-2-4-10(12)8-13-16-14-9-11(15(19)20)6-7-18(14)17-13/h2-7,9H,8H2,1H3,(H,19,20). The van der Waals surface area contributed by atoms with Crippen LogP contribution in [0.5, 0.6) is 5.75 Å². The Hall–Kier alpha value is -2.89. The van der Waals surface area contributed by atoms with E-state index in [1.807, 2.05) is 24.3 Å². The summed E-state index contributed by atoms with van der Waals surface area (Å²) in [4.78, 5) is 15.3. The molecule has 0 fully saturated rings. The number of aromatic carboxylic acids is 1. The quantitative estimate of drug-likeness (QED) is 0.792. The van der Waals surface area contributed by atoms with Crippen molar-refractivity contribution in [3.05, 3.63) is 59.5 Å². The Morgan fingerprint density at radius 3 is 2.90 bits per heavy atom. The molecule has 0 aliphatic rings. The first-order chi connectivity index (χ1) is 10.2. The lowest BCUT2D eigenvalue weighted by molar-refractivity contribution is 0.0697. The Morgan fingerprint density at radius 1 is 1.33 bits per heavy atom. The third kappa shape index (κ3) is 2.55. The molecule has 3 rings (SSSR count). The Labute approximate surface area is 120 Å². The van der Waals surface area contributed by atoms with Gasteiger partial charge < -0.3 is 9.84 Å². The largest absolute Gasteiger partial charge is 0.496 e. The predicted octanol–water partition coefficient (Wildman–Crippen LogP) is 2.03. The van der Waals surface area contributed by atoms with Crippen LogP contribution in [0.15, 0.2) is 42.6 Å². The molecule has 0 bridgehead atoms. The molecule has 2 aromatic heterocycles. The molecule has 0 amide bonds. The van der Waals surface area contributed by atoms with Crippen molar-refractivity contribution in [2.75, 3.05) is 7.11 Å². The zero-order chi connectivity index (χ0) is 14.8. The number of rotatable bonds is 4. The van der Waals surface area contributed by atoms with Crippen molar-refractivity contribution in [3.63, 3.8) is 0 Å². The van der Waals surface area contributed by atoms with Gasteiger partial charge in [0, 0.05) is 18.2 Å². The normalized spacial score (nSPS) is 10.7. The van der Waals surface area contributed by atoms with Crippen LogP contribution in [0.2, 0.25) is 0 Å². The van der Waals surface area contributed by atoms with E-state index >= 15 is 0 Å². The van der Waals surface area contributed by atoms with E-state index in [9.17, 15) is 4.79 Å². The average Bonchev–Trinajstić information content (AvgIpc) is 2.89. The number of methoxy groups -OCH3 is 1. The number of hydrogen-bond donors (Lipinski definition) is 1. The molecule has 0 atom stereocenters. The van der Waals surface area contributed by atoms with Gasteiger partial charge in [-0.3, -0.25) is 0 Å². The van der Waals surface area contributed by atoms with Gasteiger partial charge in [0.15, 0.2) is 11.5 Å². The van der Waals surface area contributed by atoms with Gasteiger partial charge >= 0.3 is 5.97 Å². The monoisotopic (exact) mass is 283 g/mol. The molecule has 0 unspecified atom stereocenters. The smallest absolute Gasteiger partial charge is 0.335 e. The maximum atomic E-state index is 11.0. The number of para-hydroxylation sites is 1. The first kappa shape index (κ1) is 13.1. The van der Waals surface area contributed by atoms with E-state index in [0.717, 1.165) is 11.3 Å². The van der Waals surface area contributed by atoms with Gasteiger partial charge in [0.2, 0.25) is 0 Å². The molecule has 6 heteroatoms. The molecule has 0 saturated heterocycles. The SMILES string of the molecule is COc1ccccc1Cc1nc2cc(C(=O)O)ccn2n1. The molecule has 0 aliphatic carbocycles. The summed E-state index contributed by atoms with van der Waals surface area (Å²) in [7, 11) is 1.62. The minimum absolute atomic E-state index is 0.193. The number of carbonyl (C=O) groups is 1. The maximum absolute atomic E-state index is 11.0. The van der Waals surface area contributed by atoms with Crippen LogP contribution in [0, 0.1) is 0 Å². The number of carboxylic acids is 1. The van der Waals surface area contributed by atoms with Gasteiger partial charge in [-0.2, -0.15) is 5.10 Å². The van der Waals surface area contributed by atoms with Crippen LogP contribution < -0.4 is 4.74 Å². The number of ether oxygens (including phenoxy) is 1. The van der Waals surface area contributed by atoms with Gasteiger partial charge in [-0.05, 0) is 18.2 Å². The minimum atomic E-state index is -0.980. The molecular weight excluding hydrogens is 270 g/mol. The van der Waals surface area contributed by atoms with Crippen LogP contribution in [-0.2, 0) is 6.42 Å². The van der Waals surface area contributed by atoms with Gasteiger partial charge in [-0.1, -0.05) is 18.2 Å². The van der Waals surface area contributed by atoms with Crippen LogP contribution in [0.25, 0.3) is 5.65 Å². The third-order valence-corrected chi connectivity index (χ3v) is 3.17. The Balaban J connectivity index is 1.96. The lowest BCUT2D eigenvalue weighted by Crippen LogP contribution is -1.98. The highest BCUT2D eigenvalue weighted by Crippen LogP contribution is 2.20. The van der Waals surface area contributed by atoms with Crippen LogP contribution in [0.4, 0.5) is 0 Å². The maximum Gasteiger partial charge on any atom is 0.335 e. The van der Waals surface area contributed by atoms with Gasteiger partial charge in [-0.25, -0.2) is 14.3 Å². The lowest BCUT2D eigenvalue weighted by Gasteiger charge is -2.05. The number of hydrogen-bond acceptors (Lipinski definition) is 4. The zero-order valence-electron chi connectivity index (χ0n) is 11.4. The second-order valence-electron chi connectivity index (χ2n) is 4.54. The number of pyridine rings is 1. The van der Waals surface area contributed by atoms with Crippen molar-refractivity contribution in [1.29, 1.82) is 0 Å². The Morgan fingerprint density at radius 2 is 2.14 bits per heavy atom. The molecule has 106 valence electrons. The summed E-state index contributed by atoms with van der Waals surface area (Å²) >= 11 is 0. The van der Waals surface area contributed by atoms with Crippen molar-refractivity contribution in [2.45, 2.75) is 6.42 Å². The van der Waals surface area contributed by atoms with Gasteiger partial charge in [0.25, 0.3) is 0 Å². The highest BCUT2D eigenvalue weighted by Gasteiger charge is 2.10. The molecule has 1 aromatic carbocycles. The zero-order valence-corrected chi connectivity index (χ0v) is 11.4. The number of nitrogens with zero attached hydrogens (tertiary/aromatic N) is 3. The Kier molecular flexibility index (Phi) is 3.27. The molecule has 0 saturated carbocycles. The summed E-state index contributed by atoms with van der Waals surface area (Å²) in [6.07, 6.45) is 2.12. The second-order valence-corrected chi connectivity index (χ2v) is 4.54. The fraction of sp³-hybridized carbons (Fsp3) is 0.133. The van der Waals surface area contributed by atoms with Crippen molar-refractivity contribution < 1.29 is 14.6 Å². The van der Waals surface area contributed by atoms with Gasteiger partial charge in [-0.15, -0.1) is 0 Å². The van der Waals surface area contributed by atoms with E-state index in [2.05, 4.69) is 10.1 Å². The van der Waals surface area contributed by atoms with Crippen LogP contribution in [0.1, 0.15) is 21.7 Å². The first-order valence-corrected chi connectivity index (χ1v) is 6.38. The van der Waals surface area contributed by atoms with Gasteiger partial charge in [0.1, 0.15) is 5.75 Å². The van der Waals surface area contributed by atoms with Crippen molar-refractivity contribution >= 4 is 11.6 Å².